The summed E-state index contributed by atoms with van der Waals surface area (Å²) in [6, 6.07) is -2.54. The van der Waals surface area contributed by atoms with Crippen LogP contribution in [0.15, 0.2) is 0 Å². The number of amides is 3. The number of rotatable bonds is 10. The number of nitrogens with one attached hydrogen (secondary N) is 2. The Hall–Kier alpha value is -2.16. The van der Waals surface area contributed by atoms with E-state index in [4.69, 9.17) is 5.73 Å². The van der Waals surface area contributed by atoms with Crippen molar-refractivity contribution in [3.63, 3.8) is 0 Å². The fourth-order valence-corrected chi connectivity index (χ4v) is 3.36. The summed E-state index contributed by atoms with van der Waals surface area (Å²) in [5.74, 6) is -2.44. The van der Waals surface area contributed by atoms with Gasteiger partial charge in [-0.25, -0.2) is 4.79 Å². The molecule has 0 aromatic rings. The Labute approximate surface area is 166 Å². The van der Waals surface area contributed by atoms with Crippen LogP contribution in [0, 0.1) is 11.8 Å². The summed E-state index contributed by atoms with van der Waals surface area (Å²) < 4.78 is 0. The van der Waals surface area contributed by atoms with Gasteiger partial charge in [0.15, 0.2) is 0 Å². The first-order valence-electron chi connectivity index (χ1n) is 9.95. The van der Waals surface area contributed by atoms with Crippen LogP contribution in [0.25, 0.3) is 0 Å². The summed E-state index contributed by atoms with van der Waals surface area (Å²) in [6.07, 6.45) is 2.12. The van der Waals surface area contributed by atoms with Crippen molar-refractivity contribution in [3.05, 3.63) is 0 Å². The molecule has 1 saturated heterocycles. The number of hydrogen-bond donors (Lipinski definition) is 4. The third-order valence-electron chi connectivity index (χ3n) is 5.17. The van der Waals surface area contributed by atoms with E-state index in [0.717, 1.165) is 0 Å². The van der Waals surface area contributed by atoms with Gasteiger partial charge in [-0.1, -0.05) is 34.1 Å². The Morgan fingerprint density at radius 2 is 1.82 bits per heavy atom. The SMILES string of the molecule is CCC(C)C(NC(=O)C1CCCN1C(=O)CN)C(=O)NC(CC(C)C)C(=O)O. The summed E-state index contributed by atoms with van der Waals surface area (Å²) in [6.45, 7) is 7.75. The normalized spacial score (nSPS) is 19.8. The summed E-state index contributed by atoms with van der Waals surface area (Å²) in [5.41, 5.74) is 5.41. The molecule has 28 heavy (non-hydrogen) atoms. The number of carbonyl (C=O) groups is 4. The molecule has 0 aliphatic carbocycles. The van der Waals surface area contributed by atoms with E-state index in [9.17, 15) is 24.3 Å². The fourth-order valence-electron chi connectivity index (χ4n) is 3.36. The van der Waals surface area contributed by atoms with Gasteiger partial charge in [0.25, 0.3) is 0 Å². The molecule has 1 heterocycles. The molecule has 5 N–H and O–H groups in total. The van der Waals surface area contributed by atoms with Crippen LogP contribution in [-0.2, 0) is 19.2 Å². The maximum atomic E-state index is 12.8. The number of nitrogens with two attached hydrogens (primary N) is 1. The highest BCUT2D eigenvalue weighted by Gasteiger charge is 2.37. The van der Waals surface area contributed by atoms with Gasteiger partial charge < -0.3 is 26.4 Å². The number of nitrogens with zero attached hydrogens (tertiary/aromatic N) is 1. The van der Waals surface area contributed by atoms with Crippen molar-refractivity contribution >= 4 is 23.7 Å². The van der Waals surface area contributed by atoms with Crippen molar-refractivity contribution in [3.8, 4) is 0 Å². The fraction of sp³-hybridized carbons (Fsp3) is 0.789. The average molecular weight is 399 g/mol. The first-order chi connectivity index (χ1) is 13.1. The van der Waals surface area contributed by atoms with Crippen molar-refractivity contribution in [2.75, 3.05) is 13.1 Å². The van der Waals surface area contributed by atoms with Crippen LogP contribution in [0.1, 0.15) is 53.4 Å². The van der Waals surface area contributed by atoms with Crippen LogP contribution in [0.4, 0.5) is 0 Å². The van der Waals surface area contributed by atoms with Crippen LogP contribution in [0.2, 0.25) is 0 Å². The molecule has 1 fully saturated rings. The molecule has 1 aliphatic heterocycles. The molecular formula is C19H34N4O5. The molecule has 9 heteroatoms. The highest BCUT2D eigenvalue weighted by atomic mass is 16.4. The number of carboxylic acids is 1. The number of carbonyl (C=O) groups excluding carboxylic acids is 3. The smallest absolute Gasteiger partial charge is 0.326 e. The van der Waals surface area contributed by atoms with E-state index in [2.05, 4.69) is 10.6 Å². The minimum atomic E-state index is -1.10. The van der Waals surface area contributed by atoms with Gasteiger partial charge in [0.05, 0.1) is 6.54 Å². The molecule has 0 spiro atoms. The predicted molar refractivity (Wildman–Crippen MR) is 104 cm³/mol. The van der Waals surface area contributed by atoms with Crippen molar-refractivity contribution < 1.29 is 24.3 Å². The number of carboxylic acid groups (broad SMARTS) is 1. The lowest BCUT2D eigenvalue weighted by atomic mass is 9.96. The van der Waals surface area contributed by atoms with Gasteiger partial charge in [0.1, 0.15) is 18.1 Å². The quantitative estimate of drug-likeness (QED) is 0.411. The Kier molecular flexibility index (Phi) is 9.37. The molecule has 9 nitrogen and oxygen atoms in total. The predicted octanol–water partition coefficient (Wildman–Crippen LogP) is 0.0825. The average Bonchev–Trinajstić information content (AvgIpc) is 3.13. The minimum Gasteiger partial charge on any atom is -0.480 e. The van der Waals surface area contributed by atoms with E-state index >= 15 is 0 Å². The van der Waals surface area contributed by atoms with Crippen molar-refractivity contribution in [1.29, 1.82) is 0 Å². The molecular weight excluding hydrogens is 364 g/mol. The van der Waals surface area contributed by atoms with Gasteiger partial charge in [0, 0.05) is 6.54 Å². The third kappa shape index (κ3) is 6.47. The third-order valence-corrected chi connectivity index (χ3v) is 5.17. The van der Waals surface area contributed by atoms with Crippen LogP contribution < -0.4 is 16.4 Å². The maximum absolute atomic E-state index is 12.8. The maximum Gasteiger partial charge on any atom is 0.326 e. The highest BCUT2D eigenvalue weighted by Crippen LogP contribution is 2.18. The second kappa shape index (κ2) is 11.0. The summed E-state index contributed by atoms with van der Waals surface area (Å²) in [7, 11) is 0. The zero-order chi connectivity index (χ0) is 21.4. The van der Waals surface area contributed by atoms with E-state index in [-0.39, 0.29) is 24.3 Å². The second-order valence-electron chi connectivity index (χ2n) is 7.85. The number of aliphatic carboxylic acids is 1. The van der Waals surface area contributed by atoms with E-state index in [1.165, 1.54) is 4.90 Å². The highest BCUT2D eigenvalue weighted by molar-refractivity contribution is 5.94. The Morgan fingerprint density at radius 1 is 1.18 bits per heavy atom. The first kappa shape index (κ1) is 23.9. The van der Waals surface area contributed by atoms with E-state index < -0.39 is 35.9 Å². The van der Waals surface area contributed by atoms with Gasteiger partial charge in [0.2, 0.25) is 17.7 Å². The summed E-state index contributed by atoms with van der Waals surface area (Å²) in [4.78, 5) is 50.4. The van der Waals surface area contributed by atoms with Crippen LogP contribution in [0.5, 0.6) is 0 Å². The molecule has 3 amide bonds. The second-order valence-corrected chi connectivity index (χ2v) is 7.85. The summed E-state index contributed by atoms with van der Waals surface area (Å²) in [5, 5.41) is 14.7. The zero-order valence-corrected chi connectivity index (χ0v) is 17.2. The standard InChI is InChI=1S/C19H34N4O5/c1-5-12(4)16(18(26)21-13(19(27)28)9-11(2)3)22-17(25)14-7-6-8-23(14)15(24)10-20/h11-14,16H,5-10,20H2,1-4H3,(H,21,26)(H,22,25)(H,27,28). The van der Waals surface area contributed by atoms with Crippen molar-refractivity contribution in [2.24, 2.45) is 17.6 Å². The molecule has 0 radical (unpaired) electrons. The molecule has 4 unspecified atom stereocenters. The number of hydrogen-bond acceptors (Lipinski definition) is 5. The molecule has 160 valence electrons. The van der Waals surface area contributed by atoms with E-state index in [1.54, 1.807) is 0 Å². The zero-order valence-electron chi connectivity index (χ0n) is 17.2. The Balaban J connectivity index is 2.89. The van der Waals surface area contributed by atoms with Gasteiger partial charge in [-0.05, 0) is 31.1 Å². The molecule has 0 aromatic heterocycles. The lowest BCUT2D eigenvalue weighted by Gasteiger charge is -2.29. The Morgan fingerprint density at radius 3 is 2.32 bits per heavy atom. The van der Waals surface area contributed by atoms with Crippen LogP contribution in [0.3, 0.4) is 0 Å². The lowest BCUT2D eigenvalue weighted by molar-refractivity contribution is -0.143. The van der Waals surface area contributed by atoms with Crippen molar-refractivity contribution in [2.45, 2.75) is 71.5 Å². The lowest BCUT2D eigenvalue weighted by Crippen LogP contribution is -2.57. The molecule has 0 bridgehead atoms. The molecule has 0 aromatic carbocycles. The van der Waals surface area contributed by atoms with Gasteiger partial charge >= 0.3 is 5.97 Å². The van der Waals surface area contributed by atoms with E-state index in [0.29, 0.717) is 32.2 Å². The monoisotopic (exact) mass is 398 g/mol. The molecule has 4 atom stereocenters. The largest absolute Gasteiger partial charge is 0.480 e. The van der Waals surface area contributed by atoms with Crippen molar-refractivity contribution in [1.82, 2.24) is 15.5 Å². The van der Waals surface area contributed by atoms with Gasteiger partial charge in [-0.3, -0.25) is 14.4 Å². The van der Waals surface area contributed by atoms with Crippen LogP contribution in [-0.4, -0.2) is 64.9 Å². The topological polar surface area (TPSA) is 142 Å². The van der Waals surface area contributed by atoms with Gasteiger partial charge in [-0.2, -0.15) is 0 Å². The first-order valence-corrected chi connectivity index (χ1v) is 9.95. The molecule has 1 rings (SSSR count). The molecule has 0 saturated carbocycles. The van der Waals surface area contributed by atoms with Gasteiger partial charge in [-0.15, -0.1) is 0 Å². The van der Waals surface area contributed by atoms with E-state index in [1.807, 2.05) is 27.7 Å². The number of likely N-dealkylation sites (tertiary alicyclic amines) is 1. The summed E-state index contributed by atoms with van der Waals surface area (Å²) >= 11 is 0. The Bertz CT molecular complexity index is 581. The molecule has 1 aliphatic rings. The van der Waals surface area contributed by atoms with Crippen LogP contribution >= 0.6 is 0 Å². The minimum absolute atomic E-state index is 0.0901.